The number of rotatable bonds is 3. The predicted molar refractivity (Wildman–Crippen MR) is 41.8 cm³/mol. The molecule has 5 nitrogen and oxygen atoms in total. The molecule has 1 aliphatic rings. The van der Waals surface area contributed by atoms with Crippen LogP contribution in [0.4, 0.5) is 4.79 Å². The normalized spacial score (nSPS) is 27.9. The minimum Gasteiger partial charge on any atom is -0.481 e. The Labute approximate surface area is 70.1 Å². The maximum Gasteiger partial charge on any atom is 0.315 e. The van der Waals surface area contributed by atoms with E-state index in [4.69, 9.17) is 5.11 Å². The summed E-state index contributed by atoms with van der Waals surface area (Å²) in [6, 6.07) is -0.220. The van der Waals surface area contributed by atoms with Crippen molar-refractivity contribution in [3.63, 3.8) is 0 Å². The molecule has 1 heterocycles. The molecule has 2 amide bonds. The van der Waals surface area contributed by atoms with Gasteiger partial charge in [-0.15, -0.1) is 0 Å². The lowest BCUT2D eigenvalue weighted by molar-refractivity contribution is -0.137. The van der Waals surface area contributed by atoms with Crippen LogP contribution in [-0.4, -0.2) is 29.2 Å². The fraction of sp³-hybridized carbons (Fsp3) is 0.714. The molecule has 1 atom stereocenters. The first-order valence-electron chi connectivity index (χ1n) is 3.80. The van der Waals surface area contributed by atoms with Crippen LogP contribution in [0, 0.1) is 0 Å². The fourth-order valence-corrected chi connectivity index (χ4v) is 1.17. The van der Waals surface area contributed by atoms with Crippen LogP contribution >= 0.6 is 0 Å². The van der Waals surface area contributed by atoms with E-state index < -0.39 is 11.5 Å². The average Bonchev–Trinajstić information content (AvgIpc) is 2.29. The number of nitrogens with one attached hydrogen (secondary N) is 2. The van der Waals surface area contributed by atoms with E-state index in [1.54, 1.807) is 0 Å². The summed E-state index contributed by atoms with van der Waals surface area (Å²) in [6.45, 7) is 2.33. The van der Waals surface area contributed by atoms with E-state index in [9.17, 15) is 9.59 Å². The summed E-state index contributed by atoms with van der Waals surface area (Å²) in [7, 11) is 0. The molecule has 0 radical (unpaired) electrons. The number of hydrogen-bond acceptors (Lipinski definition) is 2. The Bertz CT molecular complexity index is 217. The highest BCUT2D eigenvalue weighted by Crippen LogP contribution is 2.14. The zero-order chi connectivity index (χ0) is 9.19. The van der Waals surface area contributed by atoms with E-state index in [0.717, 1.165) is 0 Å². The second kappa shape index (κ2) is 3.00. The van der Waals surface area contributed by atoms with E-state index >= 15 is 0 Å². The van der Waals surface area contributed by atoms with Gasteiger partial charge < -0.3 is 15.7 Å². The van der Waals surface area contributed by atoms with E-state index in [1.165, 1.54) is 0 Å². The van der Waals surface area contributed by atoms with E-state index in [-0.39, 0.29) is 12.5 Å². The zero-order valence-corrected chi connectivity index (χ0v) is 6.89. The number of amides is 2. The first-order chi connectivity index (χ1) is 5.52. The van der Waals surface area contributed by atoms with Crippen molar-refractivity contribution in [3.8, 4) is 0 Å². The summed E-state index contributed by atoms with van der Waals surface area (Å²) in [6.07, 6.45) is 0.541. The van der Waals surface area contributed by atoms with Crippen LogP contribution in [0.1, 0.15) is 19.8 Å². The van der Waals surface area contributed by atoms with Crippen molar-refractivity contribution in [3.05, 3.63) is 0 Å². The quantitative estimate of drug-likeness (QED) is 0.557. The molecule has 5 heteroatoms. The first kappa shape index (κ1) is 8.83. The number of hydrogen-bond donors (Lipinski definition) is 3. The Kier molecular flexibility index (Phi) is 2.21. The van der Waals surface area contributed by atoms with Crippen LogP contribution in [0.15, 0.2) is 0 Å². The third-order valence-corrected chi connectivity index (χ3v) is 1.95. The van der Waals surface area contributed by atoms with Crippen molar-refractivity contribution in [2.75, 3.05) is 6.54 Å². The van der Waals surface area contributed by atoms with Crippen LogP contribution < -0.4 is 10.6 Å². The van der Waals surface area contributed by atoms with Crippen LogP contribution in [0.5, 0.6) is 0 Å². The second-order valence-corrected chi connectivity index (χ2v) is 3.26. The second-order valence-electron chi connectivity index (χ2n) is 3.26. The number of carbonyl (C=O) groups is 2. The van der Waals surface area contributed by atoms with Crippen molar-refractivity contribution in [2.24, 2.45) is 0 Å². The molecule has 0 saturated carbocycles. The van der Waals surface area contributed by atoms with Crippen molar-refractivity contribution in [2.45, 2.75) is 25.3 Å². The van der Waals surface area contributed by atoms with Gasteiger partial charge in [-0.3, -0.25) is 4.79 Å². The van der Waals surface area contributed by atoms with Crippen molar-refractivity contribution < 1.29 is 14.7 Å². The number of carboxylic acid groups (broad SMARTS) is 1. The minimum absolute atomic E-state index is 0.0818. The number of carbonyl (C=O) groups excluding carboxylic acids is 1. The third-order valence-electron chi connectivity index (χ3n) is 1.95. The molecular weight excluding hydrogens is 160 g/mol. The Balaban J connectivity index is 2.40. The molecule has 0 aliphatic carbocycles. The fourth-order valence-electron chi connectivity index (χ4n) is 1.17. The topological polar surface area (TPSA) is 78.4 Å². The minimum atomic E-state index is -0.836. The lowest BCUT2D eigenvalue weighted by Gasteiger charge is -2.20. The largest absolute Gasteiger partial charge is 0.481 e. The van der Waals surface area contributed by atoms with Crippen molar-refractivity contribution in [1.82, 2.24) is 10.6 Å². The molecule has 1 fully saturated rings. The summed E-state index contributed by atoms with van der Waals surface area (Å²) in [5.41, 5.74) is -0.393. The summed E-state index contributed by atoms with van der Waals surface area (Å²) in [5.74, 6) is -0.836. The van der Waals surface area contributed by atoms with Gasteiger partial charge in [0.25, 0.3) is 0 Å². The molecule has 1 rings (SSSR count). The molecule has 12 heavy (non-hydrogen) atoms. The molecule has 3 N–H and O–H groups in total. The first-order valence-corrected chi connectivity index (χ1v) is 3.80. The van der Waals surface area contributed by atoms with Gasteiger partial charge >= 0.3 is 12.0 Å². The van der Waals surface area contributed by atoms with Gasteiger partial charge in [0.1, 0.15) is 0 Å². The maximum absolute atomic E-state index is 10.7. The molecule has 1 saturated heterocycles. The molecule has 0 aromatic rings. The van der Waals surface area contributed by atoms with Crippen LogP contribution in [0.2, 0.25) is 0 Å². The smallest absolute Gasteiger partial charge is 0.315 e. The lowest BCUT2D eigenvalue weighted by atomic mass is 9.97. The molecule has 0 bridgehead atoms. The summed E-state index contributed by atoms with van der Waals surface area (Å²) >= 11 is 0. The average molecular weight is 172 g/mol. The molecule has 68 valence electrons. The van der Waals surface area contributed by atoms with Gasteiger partial charge in [-0.2, -0.15) is 0 Å². The van der Waals surface area contributed by atoms with Gasteiger partial charge in [0.15, 0.2) is 0 Å². The van der Waals surface area contributed by atoms with Gasteiger partial charge in [-0.25, -0.2) is 4.79 Å². The van der Waals surface area contributed by atoms with E-state index in [0.29, 0.717) is 13.0 Å². The number of urea groups is 1. The Morgan fingerprint density at radius 1 is 1.75 bits per heavy atom. The van der Waals surface area contributed by atoms with Gasteiger partial charge in [-0.05, 0) is 13.3 Å². The highest BCUT2D eigenvalue weighted by atomic mass is 16.4. The zero-order valence-electron chi connectivity index (χ0n) is 6.89. The number of carboxylic acids is 1. The summed E-state index contributed by atoms with van der Waals surface area (Å²) in [5, 5.41) is 13.7. The van der Waals surface area contributed by atoms with Gasteiger partial charge in [0.05, 0.1) is 5.54 Å². The third kappa shape index (κ3) is 2.11. The SMILES string of the molecule is CC1(CCC(=O)O)CNC(=O)N1. The lowest BCUT2D eigenvalue weighted by Crippen LogP contribution is -2.40. The molecule has 0 aromatic carbocycles. The Morgan fingerprint density at radius 3 is 2.83 bits per heavy atom. The van der Waals surface area contributed by atoms with Crippen molar-refractivity contribution >= 4 is 12.0 Å². The molecular formula is C7H12N2O3. The van der Waals surface area contributed by atoms with E-state index in [1.807, 2.05) is 6.92 Å². The maximum atomic E-state index is 10.7. The molecule has 0 aromatic heterocycles. The standard InChI is InChI=1S/C7H12N2O3/c1-7(3-2-5(10)11)4-8-6(12)9-7/h2-4H2,1H3,(H,10,11)(H2,8,9,12). The van der Waals surface area contributed by atoms with E-state index in [2.05, 4.69) is 10.6 Å². The molecule has 1 unspecified atom stereocenters. The highest BCUT2D eigenvalue weighted by molar-refractivity contribution is 5.77. The van der Waals surface area contributed by atoms with Crippen molar-refractivity contribution in [1.29, 1.82) is 0 Å². The van der Waals surface area contributed by atoms with Crippen LogP contribution in [0.25, 0.3) is 0 Å². The monoisotopic (exact) mass is 172 g/mol. The summed E-state index contributed by atoms with van der Waals surface area (Å²) in [4.78, 5) is 21.0. The Morgan fingerprint density at radius 2 is 2.42 bits per heavy atom. The van der Waals surface area contributed by atoms with Gasteiger partial charge in [0.2, 0.25) is 0 Å². The number of aliphatic carboxylic acids is 1. The van der Waals surface area contributed by atoms with Gasteiger partial charge in [0, 0.05) is 13.0 Å². The van der Waals surface area contributed by atoms with Crippen LogP contribution in [-0.2, 0) is 4.79 Å². The summed E-state index contributed by atoms with van der Waals surface area (Å²) < 4.78 is 0. The van der Waals surface area contributed by atoms with Crippen LogP contribution in [0.3, 0.4) is 0 Å². The Hall–Kier alpha value is -1.26. The highest BCUT2D eigenvalue weighted by Gasteiger charge is 2.32. The van der Waals surface area contributed by atoms with Gasteiger partial charge in [-0.1, -0.05) is 0 Å². The predicted octanol–water partition coefficient (Wildman–Crippen LogP) is -0.0773. The molecule has 0 spiro atoms. The molecule has 1 aliphatic heterocycles.